The van der Waals surface area contributed by atoms with Gasteiger partial charge in [-0.1, -0.05) is 41.9 Å². The summed E-state index contributed by atoms with van der Waals surface area (Å²) in [6.07, 6.45) is 0. The number of anilines is 1. The molecule has 0 aromatic heterocycles. The SMILES string of the molecule is O=C1N(Cc2cccc(Cl)c2)[C@@H]2CS(=O)(=O)C[C@H]2N1c1ccccc1. The highest BCUT2D eigenvalue weighted by molar-refractivity contribution is 7.91. The highest BCUT2D eigenvalue weighted by Crippen LogP contribution is 2.35. The molecule has 2 aromatic rings. The molecule has 4 rings (SSSR count). The lowest BCUT2D eigenvalue weighted by Gasteiger charge is -2.22. The first-order chi connectivity index (χ1) is 11.9. The summed E-state index contributed by atoms with van der Waals surface area (Å²) in [5, 5.41) is 0.597. The van der Waals surface area contributed by atoms with Crippen LogP contribution in [0.3, 0.4) is 0 Å². The molecule has 0 spiro atoms. The summed E-state index contributed by atoms with van der Waals surface area (Å²) in [5.41, 5.74) is 1.62. The minimum atomic E-state index is -3.16. The molecule has 0 bridgehead atoms. The van der Waals surface area contributed by atoms with E-state index < -0.39 is 9.84 Å². The van der Waals surface area contributed by atoms with Crippen LogP contribution in [0.5, 0.6) is 0 Å². The van der Waals surface area contributed by atoms with Crippen LogP contribution in [0.2, 0.25) is 5.02 Å². The van der Waals surface area contributed by atoms with E-state index in [0.717, 1.165) is 11.3 Å². The van der Waals surface area contributed by atoms with Gasteiger partial charge < -0.3 is 4.90 Å². The van der Waals surface area contributed by atoms with Gasteiger partial charge in [-0.25, -0.2) is 13.2 Å². The number of amides is 2. The number of carbonyl (C=O) groups excluding carboxylic acids is 1. The van der Waals surface area contributed by atoms with Gasteiger partial charge in [-0.2, -0.15) is 0 Å². The second-order valence-electron chi connectivity index (χ2n) is 6.46. The molecule has 0 N–H and O–H groups in total. The number of para-hydroxylation sites is 1. The minimum absolute atomic E-state index is 0.00431. The molecule has 7 heteroatoms. The average Bonchev–Trinajstić information content (AvgIpc) is 3.00. The predicted molar refractivity (Wildman–Crippen MR) is 97.5 cm³/mol. The maximum Gasteiger partial charge on any atom is 0.325 e. The molecule has 25 heavy (non-hydrogen) atoms. The van der Waals surface area contributed by atoms with Crippen LogP contribution >= 0.6 is 11.6 Å². The van der Waals surface area contributed by atoms with Crippen LogP contribution in [0.15, 0.2) is 54.6 Å². The van der Waals surface area contributed by atoms with Crippen LogP contribution < -0.4 is 4.90 Å². The smallest absolute Gasteiger partial charge is 0.314 e. The Morgan fingerprint density at radius 3 is 2.44 bits per heavy atom. The Morgan fingerprint density at radius 2 is 1.72 bits per heavy atom. The molecule has 2 atom stereocenters. The number of urea groups is 1. The zero-order valence-electron chi connectivity index (χ0n) is 13.4. The van der Waals surface area contributed by atoms with Crippen molar-refractivity contribution >= 4 is 33.2 Å². The molecule has 2 aliphatic rings. The molecule has 130 valence electrons. The van der Waals surface area contributed by atoms with Gasteiger partial charge in [0.2, 0.25) is 0 Å². The van der Waals surface area contributed by atoms with E-state index in [1.807, 2.05) is 42.5 Å². The minimum Gasteiger partial charge on any atom is -0.314 e. The van der Waals surface area contributed by atoms with Crippen molar-refractivity contribution in [2.24, 2.45) is 0 Å². The van der Waals surface area contributed by atoms with Gasteiger partial charge in [0.05, 0.1) is 23.6 Å². The van der Waals surface area contributed by atoms with Crippen molar-refractivity contribution in [1.82, 2.24) is 4.90 Å². The van der Waals surface area contributed by atoms with Crippen LogP contribution in [0.4, 0.5) is 10.5 Å². The Kier molecular flexibility index (Phi) is 3.96. The Morgan fingerprint density at radius 1 is 1.00 bits per heavy atom. The lowest BCUT2D eigenvalue weighted by molar-refractivity contribution is 0.206. The summed E-state index contributed by atoms with van der Waals surface area (Å²) in [7, 11) is -3.16. The van der Waals surface area contributed by atoms with Gasteiger partial charge in [-0.15, -0.1) is 0 Å². The highest BCUT2D eigenvalue weighted by Gasteiger charge is 2.53. The Balaban J connectivity index is 1.71. The van der Waals surface area contributed by atoms with E-state index in [2.05, 4.69) is 0 Å². The van der Waals surface area contributed by atoms with Gasteiger partial charge in [0.1, 0.15) is 0 Å². The normalized spacial score (nSPS) is 24.6. The average molecular weight is 377 g/mol. The molecule has 5 nitrogen and oxygen atoms in total. The first kappa shape index (κ1) is 16.4. The third-order valence-corrected chi connectivity index (χ3v) is 6.69. The lowest BCUT2D eigenvalue weighted by Crippen LogP contribution is -2.37. The first-order valence-electron chi connectivity index (χ1n) is 8.04. The zero-order valence-corrected chi connectivity index (χ0v) is 14.9. The van der Waals surface area contributed by atoms with Gasteiger partial charge in [0, 0.05) is 17.3 Å². The number of nitrogens with zero attached hydrogens (tertiary/aromatic N) is 2. The number of rotatable bonds is 3. The van der Waals surface area contributed by atoms with Crippen molar-refractivity contribution in [2.45, 2.75) is 18.6 Å². The number of carbonyl (C=O) groups is 1. The van der Waals surface area contributed by atoms with Gasteiger partial charge in [0.25, 0.3) is 0 Å². The summed E-state index contributed by atoms with van der Waals surface area (Å²) in [5.74, 6) is 0.0116. The highest BCUT2D eigenvalue weighted by atomic mass is 35.5. The summed E-state index contributed by atoms with van der Waals surface area (Å²) in [4.78, 5) is 16.3. The molecule has 0 saturated carbocycles. The van der Waals surface area contributed by atoms with Crippen molar-refractivity contribution in [2.75, 3.05) is 16.4 Å². The van der Waals surface area contributed by atoms with Crippen LogP contribution in [0.1, 0.15) is 5.56 Å². The van der Waals surface area contributed by atoms with Gasteiger partial charge in [0.15, 0.2) is 9.84 Å². The van der Waals surface area contributed by atoms with Gasteiger partial charge in [-0.3, -0.25) is 4.90 Å². The molecule has 2 aliphatic heterocycles. The van der Waals surface area contributed by atoms with E-state index in [1.165, 1.54) is 0 Å². The van der Waals surface area contributed by atoms with Crippen molar-refractivity contribution < 1.29 is 13.2 Å². The fraction of sp³-hybridized carbons (Fsp3) is 0.278. The summed E-state index contributed by atoms with van der Waals surface area (Å²) < 4.78 is 24.4. The molecule has 2 aromatic carbocycles. The first-order valence-corrected chi connectivity index (χ1v) is 10.2. The largest absolute Gasteiger partial charge is 0.325 e. The second kappa shape index (κ2) is 6.04. The third-order valence-electron chi connectivity index (χ3n) is 4.75. The van der Waals surface area contributed by atoms with E-state index in [1.54, 1.807) is 21.9 Å². The maximum absolute atomic E-state index is 13.0. The fourth-order valence-corrected chi connectivity index (χ4v) is 5.85. The molecule has 0 aliphatic carbocycles. The van der Waals surface area contributed by atoms with E-state index in [-0.39, 0.29) is 29.6 Å². The second-order valence-corrected chi connectivity index (χ2v) is 9.05. The Bertz CT molecular complexity index is 917. The van der Waals surface area contributed by atoms with Gasteiger partial charge >= 0.3 is 6.03 Å². The number of halogens is 1. The number of hydrogen-bond acceptors (Lipinski definition) is 3. The van der Waals surface area contributed by atoms with Crippen molar-refractivity contribution in [3.63, 3.8) is 0 Å². The Hall–Kier alpha value is -2.05. The maximum atomic E-state index is 13.0. The third kappa shape index (κ3) is 3.00. The van der Waals surface area contributed by atoms with Crippen molar-refractivity contribution in [1.29, 1.82) is 0 Å². The molecule has 2 fully saturated rings. The van der Waals surface area contributed by atoms with E-state index >= 15 is 0 Å². The molecule has 0 radical (unpaired) electrons. The lowest BCUT2D eigenvalue weighted by atomic mass is 10.1. The quantitative estimate of drug-likeness (QED) is 0.774. The topological polar surface area (TPSA) is 57.7 Å². The summed E-state index contributed by atoms with van der Waals surface area (Å²) in [6, 6.07) is 15.7. The van der Waals surface area contributed by atoms with E-state index in [9.17, 15) is 13.2 Å². The van der Waals surface area contributed by atoms with Crippen LogP contribution in [0, 0.1) is 0 Å². The number of fused-ring (bicyclic) bond motifs is 1. The monoisotopic (exact) mass is 376 g/mol. The summed E-state index contributed by atoms with van der Waals surface area (Å²) >= 11 is 6.04. The van der Waals surface area contributed by atoms with Crippen LogP contribution in [-0.2, 0) is 16.4 Å². The molecular formula is C18H17ClN2O3S. The van der Waals surface area contributed by atoms with Crippen molar-refractivity contribution in [3.05, 3.63) is 65.2 Å². The van der Waals surface area contributed by atoms with Crippen molar-refractivity contribution in [3.8, 4) is 0 Å². The number of hydrogen-bond donors (Lipinski definition) is 0. The standard InChI is InChI=1S/C18H17ClN2O3S/c19-14-6-4-5-13(9-14)10-20-16-11-25(23,24)12-17(16)21(18(20)22)15-7-2-1-3-8-15/h1-9,16-17H,10-12H2/t16-,17-/m1/s1. The fourth-order valence-electron chi connectivity index (χ4n) is 3.68. The van der Waals surface area contributed by atoms with E-state index in [0.29, 0.717) is 11.6 Å². The zero-order chi connectivity index (χ0) is 17.6. The van der Waals surface area contributed by atoms with Crippen LogP contribution in [-0.4, -0.2) is 42.9 Å². The molecular weight excluding hydrogens is 360 g/mol. The number of sulfone groups is 1. The molecule has 2 heterocycles. The van der Waals surface area contributed by atoms with E-state index in [4.69, 9.17) is 11.6 Å². The molecule has 0 unspecified atom stereocenters. The molecule has 2 amide bonds. The summed E-state index contributed by atoms with van der Waals surface area (Å²) in [6.45, 7) is 0.347. The molecule has 2 saturated heterocycles. The predicted octanol–water partition coefficient (Wildman–Crippen LogP) is 2.95. The number of benzene rings is 2. The Labute approximate surface area is 151 Å². The van der Waals surface area contributed by atoms with Crippen LogP contribution in [0.25, 0.3) is 0 Å². The van der Waals surface area contributed by atoms with Gasteiger partial charge in [-0.05, 0) is 29.8 Å².